The summed E-state index contributed by atoms with van der Waals surface area (Å²) in [6, 6.07) is 4.54. The third-order valence-corrected chi connectivity index (χ3v) is 4.69. The topological polar surface area (TPSA) is 109 Å². The minimum absolute atomic E-state index is 0. The number of aryl methyl sites for hydroxylation is 2. The molecule has 0 saturated carbocycles. The van der Waals surface area contributed by atoms with Crippen LogP contribution in [0.25, 0.3) is 0 Å². The van der Waals surface area contributed by atoms with Crippen molar-refractivity contribution < 1.29 is 23.1 Å². The van der Waals surface area contributed by atoms with Crippen LogP contribution in [0.4, 0.5) is 14.6 Å². The molecule has 0 aliphatic rings. The van der Waals surface area contributed by atoms with Crippen LogP contribution < -0.4 is 15.4 Å². The van der Waals surface area contributed by atoms with Crippen LogP contribution >= 0.6 is 36.4 Å². The average Bonchev–Trinajstić information content (AvgIpc) is 3.17. The molecule has 2 heterocycles. The van der Waals surface area contributed by atoms with Crippen molar-refractivity contribution >= 4 is 54.0 Å². The highest BCUT2D eigenvalue weighted by atomic mass is 35.5. The molecule has 0 unspecified atom stereocenters. The summed E-state index contributed by atoms with van der Waals surface area (Å²) in [6.45, 7) is 3.88. The quantitative estimate of drug-likeness (QED) is 0.416. The highest BCUT2D eigenvalue weighted by Crippen LogP contribution is 2.22. The van der Waals surface area contributed by atoms with Crippen molar-refractivity contribution in [3.05, 3.63) is 69.0 Å². The fraction of sp³-hybridized carbons (Fsp3) is 0.200. The molecule has 8 nitrogen and oxygen atoms in total. The number of nitrogens with zero attached hydrogens (tertiary/aromatic N) is 2. The highest BCUT2D eigenvalue weighted by Gasteiger charge is 2.18. The maximum Gasteiger partial charge on any atom is 0.269 e. The van der Waals surface area contributed by atoms with E-state index < -0.39 is 23.4 Å². The van der Waals surface area contributed by atoms with Gasteiger partial charge in [0.15, 0.2) is 17.5 Å². The normalized spacial score (nSPS) is 10.0. The molecule has 3 N–H and O–H groups in total. The third-order valence-electron chi connectivity index (χ3n) is 4.38. The van der Waals surface area contributed by atoms with Crippen molar-refractivity contribution in [1.29, 1.82) is 0 Å². The Morgan fingerprint density at radius 2 is 1.76 bits per heavy atom. The van der Waals surface area contributed by atoms with Gasteiger partial charge in [0.2, 0.25) is 5.88 Å². The lowest BCUT2D eigenvalue weighted by molar-refractivity contribution is 0.0944. The Labute approximate surface area is 205 Å². The van der Waals surface area contributed by atoms with Crippen LogP contribution in [0.1, 0.15) is 37.7 Å². The summed E-state index contributed by atoms with van der Waals surface area (Å²) in [5.41, 5.74) is 2.22. The fourth-order valence-electron chi connectivity index (χ4n) is 2.86. The molecule has 0 aliphatic heterocycles. The van der Waals surface area contributed by atoms with Gasteiger partial charge in [-0.2, -0.15) is 5.10 Å². The Bertz CT molecular complexity index is 1170. The first-order chi connectivity index (χ1) is 14.7. The van der Waals surface area contributed by atoms with Crippen LogP contribution in [0.15, 0.2) is 24.3 Å². The van der Waals surface area contributed by atoms with Crippen molar-refractivity contribution in [2.24, 2.45) is 0 Å². The number of aromatic amines is 1. The molecule has 3 rings (SSSR count). The van der Waals surface area contributed by atoms with Crippen LogP contribution in [0.3, 0.4) is 0 Å². The van der Waals surface area contributed by atoms with E-state index in [0.717, 1.165) is 16.8 Å². The summed E-state index contributed by atoms with van der Waals surface area (Å²) in [4.78, 5) is 29.0. The van der Waals surface area contributed by atoms with E-state index in [0.29, 0.717) is 18.0 Å². The number of carbonyl (C=O) groups excluding carboxylic acids is 2. The number of aromatic nitrogens is 3. The van der Waals surface area contributed by atoms with Crippen LogP contribution in [-0.4, -0.2) is 34.1 Å². The zero-order chi connectivity index (χ0) is 22.7. The number of rotatable bonds is 6. The van der Waals surface area contributed by atoms with Crippen LogP contribution in [-0.2, 0) is 6.54 Å². The van der Waals surface area contributed by atoms with E-state index in [2.05, 4.69) is 25.8 Å². The van der Waals surface area contributed by atoms with Gasteiger partial charge in [0, 0.05) is 23.9 Å². The molecule has 33 heavy (non-hydrogen) atoms. The van der Waals surface area contributed by atoms with Crippen molar-refractivity contribution in [2.45, 2.75) is 20.4 Å². The third kappa shape index (κ3) is 6.53. The van der Waals surface area contributed by atoms with Crippen molar-refractivity contribution in [2.75, 3.05) is 12.4 Å². The smallest absolute Gasteiger partial charge is 0.269 e. The molecule has 0 atom stereocenters. The molecule has 2 aromatic heterocycles. The van der Waals surface area contributed by atoms with Gasteiger partial charge in [0.25, 0.3) is 11.8 Å². The van der Waals surface area contributed by atoms with Gasteiger partial charge in [-0.15, -0.1) is 24.8 Å². The van der Waals surface area contributed by atoms with Gasteiger partial charge < -0.3 is 15.4 Å². The molecule has 3 aromatic rings. The fourth-order valence-corrected chi connectivity index (χ4v) is 3.10. The molecule has 0 saturated heterocycles. The molecule has 2 amide bonds. The maximum absolute atomic E-state index is 13.4. The van der Waals surface area contributed by atoms with Gasteiger partial charge in [-0.25, -0.2) is 13.8 Å². The van der Waals surface area contributed by atoms with E-state index in [1.165, 1.54) is 13.2 Å². The second-order valence-corrected chi connectivity index (χ2v) is 7.03. The number of amides is 2. The van der Waals surface area contributed by atoms with E-state index in [4.69, 9.17) is 16.3 Å². The van der Waals surface area contributed by atoms with Crippen molar-refractivity contribution in [3.63, 3.8) is 0 Å². The summed E-state index contributed by atoms with van der Waals surface area (Å²) in [7, 11) is 1.50. The highest BCUT2D eigenvalue weighted by molar-refractivity contribution is 6.34. The van der Waals surface area contributed by atoms with Gasteiger partial charge in [0.05, 0.1) is 17.7 Å². The van der Waals surface area contributed by atoms with Gasteiger partial charge in [0.1, 0.15) is 5.69 Å². The van der Waals surface area contributed by atoms with E-state index in [9.17, 15) is 18.4 Å². The number of ether oxygens (including phenoxy) is 1. The Hall–Kier alpha value is -2.95. The van der Waals surface area contributed by atoms with Crippen molar-refractivity contribution in [3.8, 4) is 5.88 Å². The Kier molecular flexibility index (Phi) is 10.0. The number of hydrogen-bond acceptors (Lipinski definition) is 5. The van der Waals surface area contributed by atoms with E-state index in [-0.39, 0.29) is 53.5 Å². The summed E-state index contributed by atoms with van der Waals surface area (Å²) < 4.78 is 31.8. The Morgan fingerprint density at radius 1 is 1.09 bits per heavy atom. The predicted octanol–water partition coefficient (Wildman–Crippen LogP) is 4.39. The Morgan fingerprint density at radius 3 is 2.42 bits per heavy atom. The first-order valence-electron chi connectivity index (χ1n) is 9.00. The van der Waals surface area contributed by atoms with Crippen LogP contribution in [0.2, 0.25) is 5.02 Å². The summed E-state index contributed by atoms with van der Waals surface area (Å²) in [6.07, 6.45) is 0. The standard InChI is InChI=1S/C20H18ClF2N5O3.2ClH/c1-9-4-10(2)25-20(31-3)12(9)8-24-19(30)16-7-17(28-27-16)26-18(29)11-5-14(22)15(23)6-13(11)21;;/h4-7H,8H2,1-3H3,(H,24,30)(H2,26,27,28,29);2*1H. The molecule has 13 heteroatoms. The molecular formula is C20H20Cl3F2N5O3. The van der Waals surface area contributed by atoms with E-state index in [1.807, 2.05) is 19.9 Å². The van der Waals surface area contributed by atoms with Crippen molar-refractivity contribution in [1.82, 2.24) is 20.5 Å². The number of nitrogens with one attached hydrogen (secondary N) is 3. The molecular weight excluding hydrogens is 503 g/mol. The number of halogens is 5. The SMILES string of the molecule is COc1nc(C)cc(C)c1CNC(=O)c1cc(NC(=O)c2cc(F)c(F)cc2Cl)n[nH]1.Cl.Cl. The lowest BCUT2D eigenvalue weighted by Gasteiger charge is -2.12. The lowest BCUT2D eigenvalue weighted by atomic mass is 10.1. The monoisotopic (exact) mass is 521 g/mol. The maximum atomic E-state index is 13.4. The zero-order valence-electron chi connectivity index (χ0n) is 17.6. The Balaban J connectivity index is 0.00000272. The molecule has 178 valence electrons. The molecule has 0 aliphatic carbocycles. The molecule has 0 radical (unpaired) electrons. The van der Waals surface area contributed by atoms with Crippen LogP contribution in [0.5, 0.6) is 5.88 Å². The molecule has 0 spiro atoms. The zero-order valence-corrected chi connectivity index (χ0v) is 20.0. The molecule has 1 aromatic carbocycles. The molecule has 0 fully saturated rings. The summed E-state index contributed by atoms with van der Waals surface area (Å²) in [5, 5.41) is 11.1. The van der Waals surface area contributed by atoms with Gasteiger partial charge >= 0.3 is 0 Å². The first kappa shape index (κ1) is 28.1. The number of carbonyl (C=O) groups is 2. The van der Waals surface area contributed by atoms with Gasteiger partial charge in [-0.1, -0.05) is 11.6 Å². The number of benzene rings is 1. The number of H-pyrrole nitrogens is 1. The predicted molar refractivity (Wildman–Crippen MR) is 124 cm³/mol. The van der Waals surface area contributed by atoms with Gasteiger partial charge in [-0.05, 0) is 37.6 Å². The lowest BCUT2D eigenvalue weighted by Crippen LogP contribution is -2.24. The van der Waals surface area contributed by atoms with E-state index in [1.54, 1.807) is 0 Å². The second kappa shape index (κ2) is 11.8. The minimum Gasteiger partial charge on any atom is -0.481 e. The number of hydrogen-bond donors (Lipinski definition) is 3. The minimum atomic E-state index is -1.21. The first-order valence-corrected chi connectivity index (χ1v) is 9.38. The number of pyridine rings is 1. The largest absolute Gasteiger partial charge is 0.481 e. The van der Waals surface area contributed by atoms with E-state index >= 15 is 0 Å². The number of methoxy groups -OCH3 is 1. The second-order valence-electron chi connectivity index (χ2n) is 6.62. The number of anilines is 1. The molecule has 0 bridgehead atoms. The summed E-state index contributed by atoms with van der Waals surface area (Å²) >= 11 is 5.79. The van der Waals surface area contributed by atoms with Gasteiger partial charge in [-0.3, -0.25) is 14.7 Å². The summed E-state index contributed by atoms with van der Waals surface area (Å²) in [5.74, 6) is -3.27. The average molecular weight is 523 g/mol. The van der Waals surface area contributed by atoms with Crippen LogP contribution in [0, 0.1) is 25.5 Å².